The third kappa shape index (κ3) is 6.06. The SMILES string of the molecule is CC1(C)c2ccccc2-c2ccc(-c3cncc(-c4c5nc(c(-c6ccncc6)c6ccc([nH]6)c(-c6ccncc6)c6nc(c(-c7ccncc7)c7ccc4[nH]7)C=C6)C=C5)c3)cc21. The molecule has 9 aromatic rings. The summed E-state index contributed by atoms with van der Waals surface area (Å²) in [4.78, 5) is 36.5. The molecule has 1 aliphatic carbocycles. The number of rotatable bonds is 5. The van der Waals surface area contributed by atoms with Crippen molar-refractivity contribution in [1.82, 2.24) is 39.9 Å². The predicted molar refractivity (Wildman–Crippen MR) is 255 cm³/mol. The minimum atomic E-state index is -0.122. The van der Waals surface area contributed by atoms with Gasteiger partial charge in [0.25, 0.3) is 0 Å². The van der Waals surface area contributed by atoms with Crippen molar-refractivity contribution in [3.63, 3.8) is 0 Å². The number of nitrogens with zero attached hydrogens (tertiary/aromatic N) is 6. The van der Waals surface area contributed by atoms with Gasteiger partial charge < -0.3 is 9.97 Å². The van der Waals surface area contributed by atoms with E-state index in [1.165, 1.54) is 22.3 Å². The fourth-order valence-corrected chi connectivity index (χ4v) is 9.59. The van der Waals surface area contributed by atoms with Crippen molar-refractivity contribution >= 4 is 46.4 Å². The van der Waals surface area contributed by atoms with Crippen LogP contribution in [-0.4, -0.2) is 39.9 Å². The van der Waals surface area contributed by atoms with Crippen LogP contribution in [0.15, 0.2) is 159 Å². The van der Waals surface area contributed by atoms with E-state index >= 15 is 0 Å². The van der Waals surface area contributed by atoms with Crippen LogP contribution in [0.3, 0.4) is 0 Å². The fraction of sp³-hybridized carbons (Fsp3) is 0.0545. The summed E-state index contributed by atoms with van der Waals surface area (Å²) in [5, 5.41) is 0. The number of pyridine rings is 4. The maximum Gasteiger partial charge on any atom is 0.0737 e. The molecule has 0 amide bonds. The highest BCUT2D eigenvalue weighted by Gasteiger charge is 2.35. The molecule has 8 heteroatoms. The molecular formula is C55H38N8. The molecule has 3 aliphatic rings. The molecule has 0 unspecified atom stereocenters. The lowest BCUT2D eigenvalue weighted by Crippen LogP contribution is -2.14. The van der Waals surface area contributed by atoms with Crippen LogP contribution in [0, 0.1) is 0 Å². The van der Waals surface area contributed by atoms with E-state index < -0.39 is 0 Å². The van der Waals surface area contributed by atoms with Gasteiger partial charge in [-0.15, -0.1) is 0 Å². The van der Waals surface area contributed by atoms with Gasteiger partial charge in [0.15, 0.2) is 0 Å². The highest BCUT2D eigenvalue weighted by atomic mass is 14.8. The van der Waals surface area contributed by atoms with Crippen molar-refractivity contribution in [3.05, 3.63) is 193 Å². The standard InChI is InChI=1S/C55H38N8/c1-55(2)41-6-4-3-5-39(41)40-8-7-36(30-42(40)55)37-29-38(32-59-31-37)54-49-15-13-47(62-49)52(34-19-25-57-26-20-34)45-11-9-43(60-45)51(33-17-23-56-24-18-33)44-10-12-46(61-44)53(35-21-27-58-28-22-35)48-14-16-50(54)63-48/h3-32,60,63H,1-2H3. The topological polar surface area (TPSA) is 109 Å². The fourth-order valence-electron chi connectivity index (χ4n) is 9.59. The molecule has 2 aromatic carbocycles. The zero-order valence-electron chi connectivity index (χ0n) is 34.5. The van der Waals surface area contributed by atoms with Crippen molar-refractivity contribution in [1.29, 1.82) is 0 Å². The van der Waals surface area contributed by atoms with Gasteiger partial charge in [-0.2, -0.15) is 0 Å². The summed E-state index contributed by atoms with van der Waals surface area (Å²) in [7, 11) is 0. The van der Waals surface area contributed by atoms with E-state index in [4.69, 9.17) is 15.0 Å². The molecule has 8 nitrogen and oxygen atoms in total. The van der Waals surface area contributed by atoms with Gasteiger partial charge in [0.1, 0.15) is 0 Å². The van der Waals surface area contributed by atoms with E-state index in [2.05, 4.69) is 136 Å². The van der Waals surface area contributed by atoms with Gasteiger partial charge in [0.05, 0.1) is 22.8 Å². The smallest absolute Gasteiger partial charge is 0.0737 e. The summed E-state index contributed by atoms with van der Waals surface area (Å²) < 4.78 is 0. The molecule has 0 radical (unpaired) electrons. The highest BCUT2D eigenvalue weighted by molar-refractivity contribution is 6.00. The van der Waals surface area contributed by atoms with Crippen LogP contribution in [0.5, 0.6) is 0 Å². The number of nitrogens with one attached hydrogen (secondary N) is 2. The number of aromatic amines is 2. The molecule has 0 spiro atoms. The van der Waals surface area contributed by atoms with Crippen LogP contribution in [-0.2, 0) is 5.41 Å². The Hall–Kier alpha value is -8.36. The van der Waals surface area contributed by atoms with Crippen molar-refractivity contribution in [2.45, 2.75) is 19.3 Å². The van der Waals surface area contributed by atoms with Crippen molar-refractivity contribution in [2.24, 2.45) is 0 Å². The predicted octanol–water partition coefficient (Wildman–Crippen LogP) is 12.9. The van der Waals surface area contributed by atoms with Crippen LogP contribution >= 0.6 is 0 Å². The van der Waals surface area contributed by atoms with E-state index in [1.54, 1.807) is 0 Å². The number of fused-ring (bicyclic) bond motifs is 11. The van der Waals surface area contributed by atoms with Gasteiger partial charge in [-0.1, -0.05) is 50.2 Å². The van der Waals surface area contributed by atoms with Crippen LogP contribution in [0.4, 0.5) is 0 Å². The highest BCUT2D eigenvalue weighted by Crippen LogP contribution is 2.49. The first-order chi connectivity index (χ1) is 31.0. The first-order valence-corrected chi connectivity index (χ1v) is 21.1. The largest absolute Gasteiger partial charge is 0.354 e. The Bertz CT molecular complexity index is 3490. The van der Waals surface area contributed by atoms with E-state index in [-0.39, 0.29) is 5.41 Å². The summed E-state index contributed by atoms with van der Waals surface area (Å²) in [6.07, 6.45) is 23.3. The van der Waals surface area contributed by atoms with E-state index in [9.17, 15) is 0 Å². The van der Waals surface area contributed by atoms with Gasteiger partial charge in [-0.25, -0.2) is 9.97 Å². The summed E-state index contributed by atoms with van der Waals surface area (Å²) >= 11 is 0. The molecule has 0 atom stereocenters. The summed E-state index contributed by atoms with van der Waals surface area (Å²) in [5.74, 6) is 0. The molecular weight excluding hydrogens is 773 g/mol. The van der Waals surface area contributed by atoms with Crippen molar-refractivity contribution < 1.29 is 0 Å². The molecule has 63 heavy (non-hydrogen) atoms. The van der Waals surface area contributed by atoms with Crippen LogP contribution in [0.25, 0.3) is 113 Å². The molecule has 2 aliphatic heterocycles. The average Bonchev–Trinajstić information content (AvgIpc) is 4.20. The first kappa shape index (κ1) is 36.5. The quantitative estimate of drug-likeness (QED) is 0.179. The minimum absolute atomic E-state index is 0.122. The molecule has 0 saturated heterocycles. The van der Waals surface area contributed by atoms with Gasteiger partial charge in [0, 0.05) is 110 Å². The van der Waals surface area contributed by atoms with Crippen molar-refractivity contribution in [3.8, 4) is 66.8 Å². The Morgan fingerprint density at radius 2 is 0.794 bits per heavy atom. The maximum atomic E-state index is 5.48. The second-order valence-electron chi connectivity index (χ2n) is 16.6. The molecule has 8 bridgehead atoms. The second-order valence-corrected chi connectivity index (χ2v) is 16.6. The Labute approximate surface area is 363 Å². The minimum Gasteiger partial charge on any atom is -0.354 e. The van der Waals surface area contributed by atoms with Gasteiger partial charge in [-0.3, -0.25) is 19.9 Å². The summed E-state index contributed by atoms with van der Waals surface area (Å²) in [6.45, 7) is 4.64. The van der Waals surface area contributed by atoms with Crippen LogP contribution in [0.2, 0.25) is 0 Å². The number of hydrogen-bond acceptors (Lipinski definition) is 6. The Morgan fingerprint density at radius 1 is 0.365 bits per heavy atom. The normalized spacial score (nSPS) is 13.2. The molecule has 298 valence electrons. The lowest BCUT2D eigenvalue weighted by Gasteiger charge is -2.22. The molecule has 0 fully saturated rings. The Kier molecular flexibility index (Phi) is 8.33. The van der Waals surface area contributed by atoms with E-state index in [0.29, 0.717) is 0 Å². The van der Waals surface area contributed by atoms with E-state index in [0.717, 1.165) is 100 Å². The summed E-state index contributed by atoms with van der Waals surface area (Å²) in [5.41, 5.74) is 22.0. The Balaban J connectivity index is 1.15. The molecule has 2 N–H and O–H groups in total. The number of aromatic nitrogens is 8. The molecule has 0 saturated carbocycles. The third-order valence-corrected chi connectivity index (χ3v) is 12.6. The zero-order valence-corrected chi connectivity index (χ0v) is 34.5. The lowest BCUT2D eigenvalue weighted by molar-refractivity contribution is 0.660. The number of H-pyrrole nitrogens is 2. The third-order valence-electron chi connectivity index (χ3n) is 12.6. The molecule has 12 rings (SSSR count). The molecule has 7 aromatic heterocycles. The summed E-state index contributed by atoms with van der Waals surface area (Å²) in [6, 6.07) is 38.5. The van der Waals surface area contributed by atoms with Crippen LogP contribution < -0.4 is 0 Å². The molecule has 9 heterocycles. The van der Waals surface area contributed by atoms with Gasteiger partial charge in [-0.05, 0) is 142 Å². The first-order valence-electron chi connectivity index (χ1n) is 21.1. The zero-order chi connectivity index (χ0) is 42.1. The second kappa shape index (κ2) is 14.4. The Morgan fingerprint density at radius 3 is 1.29 bits per heavy atom. The average molecular weight is 811 g/mol. The van der Waals surface area contributed by atoms with Crippen molar-refractivity contribution in [2.75, 3.05) is 0 Å². The van der Waals surface area contributed by atoms with Gasteiger partial charge >= 0.3 is 0 Å². The maximum absolute atomic E-state index is 5.48. The number of hydrogen-bond donors (Lipinski definition) is 2. The lowest BCUT2D eigenvalue weighted by atomic mass is 9.81. The van der Waals surface area contributed by atoms with E-state index in [1.807, 2.05) is 86.0 Å². The monoisotopic (exact) mass is 810 g/mol. The number of benzene rings is 2. The van der Waals surface area contributed by atoms with Crippen LogP contribution in [0.1, 0.15) is 47.8 Å². The van der Waals surface area contributed by atoms with Gasteiger partial charge in [0.2, 0.25) is 0 Å².